The number of nitrogens with one attached hydrogen (secondary N) is 1. The van der Waals surface area contributed by atoms with E-state index in [-0.39, 0.29) is 0 Å². The molecule has 1 N–H and O–H groups in total. The van der Waals surface area contributed by atoms with Crippen LogP contribution in [-0.4, -0.2) is 20.2 Å². The van der Waals surface area contributed by atoms with Crippen LogP contribution in [0.4, 0.5) is 0 Å². The van der Waals surface area contributed by atoms with Crippen LogP contribution in [0.15, 0.2) is 36.4 Å². The fourth-order valence-corrected chi connectivity index (χ4v) is 2.84. The zero-order chi connectivity index (χ0) is 14.5. The van der Waals surface area contributed by atoms with E-state index in [9.17, 15) is 0 Å². The van der Waals surface area contributed by atoms with E-state index in [1.54, 1.807) is 7.11 Å². The van der Waals surface area contributed by atoms with Crippen LogP contribution in [0, 0.1) is 0 Å². The van der Waals surface area contributed by atoms with Gasteiger partial charge in [0, 0.05) is 6.04 Å². The number of likely N-dealkylation sites (N-methyl/N-ethyl adjacent to an activating group) is 1. The summed E-state index contributed by atoms with van der Waals surface area (Å²) in [6.45, 7) is 4.55. The topological polar surface area (TPSA) is 21.3 Å². The van der Waals surface area contributed by atoms with Crippen molar-refractivity contribution in [2.75, 3.05) is 14.2 Å². The molecule has 0 saturated carbocycles. The Morgan fingerprint density at radius 3 is 2.45 bits per heavy atom. The van der Waals surface area contributed by atoms with Gasteiger partial charge in [-0.3, -0.25) is 0 Å². The van der Waals surface area contributed by atoms with Crippen LogP contribution in [0.3, 0.4) is 0 Å². The van der Waals surface area contributed by atoms with E-state index in [0.717, 1.165) is 5.75 Å². The van der Waals surface area contributed by atoms with E-state index in [4.69, 9.17) is 4.74 Å². The Morgan fingerprint density at radius 1 is 1.10 bits per heavy atom. The maximum Gasteiger partial charge on any atom is 0.119 e. The van der Waals surface area contributed by atoms with Crippen LogP contribution < -0.4 is 10.1 Å². The molecular weight excluding hydrogens is 246 g/mol. The van der Waals surface area contributed by atoms with Crippen LogP contribution >= 0.6 is 0 Å². The maximum absolute atomic E-state index is 5.28. The smallest absolute Gasteiger partial charge is 0.119 e. The third-order valence-electron chi connectivity index (χ3n) is 4.17. The highest BCUT2D eigenvalue weighted by molar-refractivity contribution is 5.84. The summed E-state index contributed by atoms with van der Waals surface area (Å²) < 4.78 is 5.28. The van der Waals surface area contributed by atoms with Crippen molar-refractivity contribution in [1.29, 1.82) is 0 Å². The molecule has 20 heavy (non-hydrogen) atoms. The van der Waals surface area contributed by atoms with Crippen LogP contribution in [0.25, 0.3) is 10.8 Å². The maximum atomic E-state index is 5.28. The number of rotatable bonds is 6. The van der Waals surface area contributed by atoms with E-state index in [1.807, 2.05) is 6.07 Å². The SMILES string of the molecule is CCCC(NC)C(C)c1ccc2cc(OC)ccc2c1. The van der Waals surface area contributed by atoms with Crippen molar-refractivity contribution >= 4 is 10.8 Å². The van der Waals surface area contributed by atoms with Gasteiger partial charge in [0.05, 0.1) is 7.11 Å². The summed E-state index contributed by atoms with van der Waals surface area (Å²) in [5, 5.41) is 5.96. The molecule has 0 aliphatic rings. The Kier molecular flexibility index (Phi) is 5.02. The molecule has 0 amide bonds. The van der Waals surface area contributed by atoms with Gasteiger partial charge >= 0.3 is 0 Å². The number of fused-ring (bicyclic) bond motifs is 1. The highest BCUT2D eigenvalue weighted by Crippen LogP contribution is 2.27. The lowest BCUT2D eigenvalue weighted by Gasteiger charge is -2.24. The van der Waals surface area contributed by atoms with Gasteiger partial charge in [0.1, 0.15) is 5.75 Å². The molecule has 108 valence electrons. The van der Waals surface area contributed by atoms with Crippen molar-refractivity contribution in [3.63, 3.8) is 0 Å². The zero-order valence-corrected chi connectivity index (χ0v) is 12.9. The van der Waals surface area contributed by atoms with E-state index in [0.29, 0.717) is 12.0 Å². The number of hydrogen-bond donors (Lipinski definition) is 1. The van der Waals surface area contributed by atoms with Crippen molar-refractivity contribution in [3.05, 3.63) is 42.0 Å². The lowest BCUT2D eigenvalue weighted by molar-refractivity contribution is 0.415. The van der Waals surface area contributed by atoms with Gasteiger partial charge in [-0.1, -0.05) is 44.5 Å². The zero-order valence-electron chi connectivity index (χ0n) is 12.9. The average Bonchev–Trinajstić information content (AvgIpc) is 2.50. The van der Waals surface area contributed by atoms with Gasteiger partial charge < -0.3 is 10.1 Å². The fourth-order valence-electron chi connectivity index (χ4n) is 2.84. The first-order valence-electron chi connectivity index (χ1n) is 7.44. The van der Waals surface area contributed by atoms with Gasteiger partial charge in [0.25, 0.3) is 0 Å². The number of benzene rings is 2. The molecule has 0 aliphatic carbocycles. The van der Waals surface area contributed by atoms with Gasteiger partial charge in [0.15, 0.2) is 0 Å². The third kappa shape index (κ3) is 3.13. The minimum absolute atomic E-state index is 0.520. The Balaban J connectivity index is 2.31. The monoisotopic (exact) mass is 271 g/mol. The predicted octanol–water partition coefficient (Wildman–Crippen LogP) is 4.34. The summed E-state index contributed by atoms with van der Waals surface area (Å²) in [5.41, 5.74) is 1.40. The van der Waals surface area contributed by atoms with Gasteiger partial charge in [-0.05, 0) is 47.9 Å². The van der Waals surface area contributed by atoms with E-state index >= 15 is 0 Å². The molecule has 0 aliphatic heterocycles. The summed E-state index contributed by atoms with van der Waals surface area (Å²) >= 11 is 0. The molecule has 0 saturated heterocycles. The Bertz CT molecular complexity index is 564. The van der Waals surface area contributed by atoms with E-state index in [1.165, 1.54) is 29.2 Å². The van der Waals surface area contributed by atoms with Gasteiger partial charge in [-0.2, -0.15) is 0 Å². The number of hydrogen-bond acceptors (Lipinski definition) is 2. The molecule has 2 aromatic carbocycles. The quantitative estimate of drug-likeness (QED) is 0.844. The predicted molar refractivity (Wildman–Crippen MR) is 86.7 cm³/mol. The standard InChI is InChI=1S/C18H25NO/c1-5-6-18(19-3)13(2)14-7-8-16-12-17(20-4)10-9-15(16)11-14/h7-13,18-19H,5-6H2,1-4H3. The molecule has 2 heteroatoms. The van der Waals surface area contributed by atoms with Crippen LogP contribution in [0.1, 0.15) is 38.2 Å². The van der Waals surface area contributed by atoms with Gasteiger partial charge in [0.2, 0.25) is 0 Å². The molecule has 2 nitrogen and oxygen atoms in total. The van der Waals surface area contributed by atoms with Crippen LogP contribution in [0.5, 0.6) is 5.75 Å². The normalized spacial score (nSPS) is 14.2. The van der Waals surface area contributed by atoms with Gasteiger partial charge in [-0.25, -0.2) is 0 Å². The molecule has 0 bridgehead atoms. The minimum Gasteiger partial charge on any atom is -0.497 e. The van der Waals surface area contributed by atoms with Crippen molar-refractivity contribution < 1.29 is 4.74 Å². The first-order valence-corrected chi connectivity index (χ1v) is 7.44. The molecule has 0 aromatic heterocycles. The molecule has 2 aromatic rings. The average molecular weight is 271 g/mol. The summed E-state index contributed by atoms with van der Waals surface area (Å²) in [5.74, 6) is 1.43. The second-order valence-corrected chi connectivity index (χ2v) is 5.45. The minimum atomic E-state index is 0.520. The van der Waals surface area contributed by atoms with Crippen molar-refractivity contribution in [1.82, 2.24) is 5.32 Å². The summed E-state index contributed by atoms with van der Waals surface area (Å²) in [6.07, 6.45) is 2.42. The van der Waals surface area contributed by atoms with Crippen LogP contribution in [-0.2, 0) is 0 Å². The summed E-state index contributed by atoms with van der Waals surface area (Å²) in [6, 6.07) is 13.5. The summed E-state index contributed by atoms with van der Waals surface area (Å²) in [4.78, 5) is 0. The number of methoxy groups -OCH3 is 1. The van der Waals surface area contributed by atoms with Crippen molar-refractivity contribution in [2.24, 2.45) is 0 Å². The second kappa shape index (κ2) is 6.76. The Hall–Kier alpha value is -1.54. The Labute approximate surface area is 122 Å². The number of ether oxygens (including phenoxy) is 1. The van der Waals surface area contributed by atoms with Crippen molar-refractivity contribution in [2.45, 2.75) is 38.6 Å². The summed E-state index contributed by atoms with van der Waals surface area (Å²) in [7, 11) is 3.77. The van der Waals surface area contributed by atoms with Crippen LogP contribution in [0.2, 0.25) is 0 Å². The third-order valence-corrected chi connectivity index (χ3v) is 4.17. The lowest BCUT2D eigenvalue weighted by atomic mass is 9.89. The first-order chi connectivity index (χ1) is 9.69. The van der Waals surface area contributed by atoms with E-state index in [2.05, 4.69) is 56.5 Å². The second-order valence-electron chi connectivity index (χ2n) is 5.45. The van der Waals surface area contributed by atoms with Crippen molar-refractivity contribution in [3.8, 4) is 5.75 Å². The largest absolute Gasteiger partial charge is 0.497 e. The molecule has 2 atom stereocenters. The lowest BCUT2D eigenvalue weighted by Crippen LogP contribution is -2.30. The molecule has 0 spiro atoms. The highest BCUT2D eigenvalue weighted by Gasteiger charge is 2.16. The molecule has 0 heterocycles. The van der Waals surface area contributed by atoms with Gasteiger partial charge in [-0.15, -0.1) is 0 Å². The molecule has 0 radical (unpaired) electrons. The molecule has 2 unspecified atom stereocenters. The molecule has 0 fully saturated rings. The molecule has 2 rings (SSSR count). The highest BCUT2D eigenvalue weighted by atomic mass is 16.5. The Morgan fingerprint density at radius 2 is 1.80 bits per heavy atom. The molecular formula is C18H25NO. The fraction of sp³-hybridized carbons (Fsp3) is 0.444. The van der Waals surface area contributed by atoms with E-state index < -0.39 is 0 Å². The first kappa shape index (κ1) is 14.9.